The average Bonchev–Trinajstić information content (AvgIpc) is 2.72. The van der Waals surface area contributed by atoms with Gasteiger partial charge in [-0.3, -0.25) is 0 Å². The predicted octanol–water partition coefficient (Wildman–Crippen LogP) is 4.18. The van der Waals surface area contributed by atoms with E-state index < -0.39 is 0 Å². The van der Waals surface area contributed by atoms with E-state index in [2.05, 4.69) is 11.4 Å². The monoisotopic (exact) mass is 259 g/mol. The Bertz CT molecular complexity index is 325. The Morgan fingerprint density at radius 3 is 2.50 bits per heavy atom. The molecule has 90 valence electrons. The molecule has 0 unspecified atom stereocenters. The Kier molecular flexibility index (Phi) is 3.99. The predicted molar refractivity (Wildman–Crippen MR) is 70.9 cm³/mol. The maximum Gasteiger partial charge on any atom is 0.0550 e. The van der Waals surface area contributed by atoms with E-state index in [9.17, 15) is 0 Å². The van der Waals surface area contributed by atoms with Crippen LogP contribution in [0.3, 0.4) is 0 Å². The van der Waals surface area contributed by atoms with E-state index in [-0.39, 0.29) is 0 Å². The second-order valence-corrected chi connectivity index (χ2v) is 5.80. The number of hydrogen-bond donors (Lipinski definition) is 1. The molecule has 2 aliphatic rings. The Hall–Kier alpha value is 0.0200. The van der Waals surface area contributed by atoms with Crippen molar-refractivity contribution in [2.45, 2.75) is 38.5 Å². The second kappa shape index (κ2) is 5.12. The van der Waals surface area contributed by atoms with Gasteiger partial charge in [0, 0.05) is 17.0 Å². The molecule has 16 heavy (non-hydrogen) atoms. The van der Waals surface area contributed by atoms with E-state index in [1.807, 2.05) is 7.05 Å². The zero-order valence-corrected chi connectivity index (χ0v) is 11.3. The summed E-state index contributed by atoms with van der Waals surface area (Å²) in [6, 6.07) is 0. The van der Waals surface area contributed by atoms with Gasteiger partial charge in [-0.25, -0.2) is 0 Å². The zero-order valence-electron chi connectivity index (χ0n) is 9.78. The molecule has 1 nitrogen and oxygen atoms in total. The quantitative estimate of drug-likeness (QED) is 0.802. The van der Waals surface area contributed by atoms with Gasteiger partial charge in [-0.2, -0.15) is 0 Å². The summed E-state index contributed by atoms with van der Waals surface area (Å²) in [5.74, 6) is 0. The van der Waals surface area contributed by atoms with Gasteiger partial charge in [0.05, 0.1) is 5.03 Å². The van der Waals surface area contributed by atoms with Crippen LogP contribution in [-0.2, 0) is 0 Å². The molecule has 0 heterocycles. The van der Waals surface area contributed by atoms with Crippen LogP contribution in [-0.4, -0.2) is 13.6 Å². The first-order valence-electron chi connectivity index (χ1n) is 6.08. The number of rotatable bonds is 3. The summed E-state index contributed by atoms with van der Waals surface area (Å²) in [7, 11) is 2.04. The van der Waals surface area contributed by atoms with Crippen LogP contribution >= 0.6 is 23.2 Å². The van der Waals surface area contributed by atoms with E-state index in [0.29, 0.717) is 5.41 Å². The van der Waals surface area contributed by atoms with Crippen LogP contribution in [0, 0.1) is 5.41 Å². The van der Waals surface area contributed by atoms with Crippen LogP contribution in [0.15, 0.2) is 21.7 Å². The van der Waals surface area contributed by atoms with Crippen molar-refractivity contribution in [3.05, 3.63) is 21.7 Å². The van der Waals surface area contributed by atoms with Crippen LogP contribution in [0.25, 0.3) is 0 Å². The highest BCUT2D eigenvalue weighted by Crippen LogP contribution is 2.48. The fraction of sp³-hybridized carbons (Fsp3) is 0.692. The second-order valence-electron chi connectivity index (χ2n) is 4.94. The van der Waals surface area contributed by atoms with E-state index in [1.54, 1.807) is 0 Å². The molecule has 1 saturated carbocycles. The van der Waals surface area contributed by atoms with Gasteiger partial charge in [-0.1, -0.05) is 41.6 Å². The third-order valence-electron chi connectivity index (χ3n) is 3.93. The summed E-state index contributed by atoms with van der Waals surface area (Å²) >= 11 is 12.2. The molecule has 1 N–H and O–H groups in total. The molecule has 0 spiro atoms. The third kappa shape index (κ3) is 2.32. The van der Waals surface area contributed by atoms with Crippen molar-refractivity contribution in [1.29, 1.82) is 0 Å². The van der Waals surface area contributed by atoms with Crippen LogP contribution in [0.5, 0.6) is 0 Å². The number of halogens is 2. The average molecular weight is 260 g/mol. The largest absolute Gasteiger partial charge is 0.319 e. The molecule has 2 aliphatic carbocycles. The summed E-state index contributed by atoms with van der Waals surface area (Å²) < 4.78 is 0. The van der Waals surface area contributed by atoms with E-state index in [4.69, 9.17) is 23.2 Å². The Labute approximate surface area is 108 Å². The molecule has 0 saturated heterocycles. The molecular formula is C13H19Cl2N. The van der Waals surface area contributed by atoms with E-state index in [0.717, 1.165) is 29.5 Å². The molecule has 0 aromatic rings. The molecule has 0 aromatic heterocycles. The Balaban J connectivity index is 2.25. The molecular weight excluding hydrogens is 241 g/mol. The van der Waals surface area contributed by atoms with Crippen LogP contribution < -0.4 is 5.32 Å². The minimum absolute atomic E-state index is 0.354. The fourth-order valence-corrected chi connectivity index (χ4v) is 3.46. The summed E-state index contributed by atoms with van der Waals surface area (Å²) in [5, 5.41) is 4.92. The molecule has 0 atom stereocenters. The number of hydrogen-bond acceptors (Lipinski definition) is 1. The Morgan fingerprint density at radius 1 is 1.25 bits per heavy atom. The fourth-order valence-electron chi connectivity index (χ4n) is 3.09. The summed E-state index contributed by atoms with van der Waals surface area (Å²) in [6.07, 6.45) is 9.38. The van der Waals surface area contributed by atoms with Crippen molar-refractivity contribution in [3.8, 4) is 0 Å². The van der Waals surface area contributed by atoms with Crippen molar-refractivity contribution < 1.29 is 0 Å². The standard InChI is InChI=1S/C13H19Cl2N/c1-16-9-13(6-2-3-7-13)10-4-5-11(14)12(15)8-10/h8,16H,2-7,9H2,1H3. The van der Waals surface area contributed by atoms with Crippen molar-refractivity contribution in [2.24, 2.45) is 5.41 Å². The normalized spacial score (nSPS) is 24.8. The molecule has 1 fully saturated rings. The third-order valence-corrected chi connectivity index (χ3v) is 4.76. The van der Waals surface area contributed by atoms with Crippen molar-refractivity contribution in [1.82, 2.24) is 5.32 Å². The summed E-state index contributed by atoms with van der Waals surface area (Å²) in [5.41, 5.74) is 1.86. The van der Waals surface area contributed by atoms with Gasteiger partial charge < -0.3 is 5.32 Å². The number of allylic oxidation sites excluding steroid dienone is 3. The van der Waals surface area contributed by atoms with Crippen LogP contribution in [0.1, 0.15) is 38.5 Å². The van der Waals surface area contributed by atoms with Gasteiger partial charge in [0.25, 0.3) is 0 Å². The molecule has 0 aromatic carbocycles. The highest BCUT2D eigenvalue weighted by atomic mass is 35.5. The lowest BCUT2D eigenvalue weighted by Gasteiger charge is -2.33. The SMILES string of the molecule is CNCC1(C2=CC(Cl)=C(Cl)CC2)CCCC1. The van der Waals surface area contributed by atoms with Gasteiger partial charge in [-0.05, 0) is 38.8 Å². The molecule has 3 heteroatoms. The van der Waals surface area contributed by atoms with Gasteiger partial charge in [0.1, 0.15) is 0 Å². The van der Waals surface area contributed by atoms with Crippen LogP contribution in [0.2, 0.25) is 0 Å². The minimum Gasteiger partial charge on any atom is -0.319 e. The molecule has 0 bridgehead atoms. The van der Waals surface area contributed by atoms with Gasteiger partial charge in [-0.15, -0.1) is 0 Å². The molecule has 0 amide bonds. The first kappa shape index (κ1) is 12.5. The maximum atomic E-state index is 6.15. The minimum atomic E-state index is 0.354. The van der Waals surface area contributed by atoms with Crippen molar-refractivity contribution >= 4 is 23.2 Å². The Morgan fingerprint density at radius 2 is 1.94 bits per heavy atom. The van der Waals surface area contributed by atoms with Crippen LogP contribution in [0.4, 0.5) is 0 Å². The lowest BCUT2D eigenvalue weighted by Crippen LogP contribution is -2.32. The van der Waals surface area contributed by atoms with Gasteiger partial charge in [0.2, 0.25) is 0 Å². The van der Waals surface area contributed by atoms with Gasteiger partial charge in [0.15, 0.2) is 0 Å². The maximum absolute atomic E-state index is 6.15. The first-order chi connectivity index (χ1) is 7.68. The number of nitrogens with one attached hydrogen (secondary N) is 1. The zero-order chi connectivity index (χ0) is 11.6. The highest BCUT2D eigenvalue weighted by Gasteiger charge is 2.37. The smallest absolute Gasteiger partial charge is 0.0550 e. The topological polar surface area (TPSA) is 12.0 Å². The lowest BCUT2D eigenvalue weighted by atomic mass is 9.75. The molecule has 0 radical (unpaired) electrons. The lowest BCUT2D eigenvalue weighted by molar-refractivity contribution is 0.342. The molecule has 2 rings (SSSR count). The van der Waals surface area contributed by atoms with Gasteiger partial charge >= 0.3 is 0 Å². The van der Waals surface area contributed by atoms with Crippen molar-refractivity contribution in [2.75, 3.05) is 13.6 Å². The van der Waals surface area contributed by atoms with E-state index in [1.165, 1.54) is 31.3 Å². The summed E-state index contributed by atoms with van der Waals surface area (Å²) in [6.45, 7) is 1.07. The first-order valence-corrected chi connectivity index (χ1v) is 6.83. The van der Waals surface area contributed by atoms with E-state index >= 15 is 0 Å². The molecule has 0 aliphatic heterocycles. The highest BCUT2D eigenvalue weighted by molar-refractivity contribution is 6.40. The van der Waals surface area contributed by atoms with Crippen molar-refractivity contribution in [3.63, 3.8) is 0 Å². The summed E-state index contributed by atoms with van der Waals surface area (Å²) in [4.78, 5) is 0.